The number of aryl methyl sites for hydroxylation is 1. The standard InChI is InChI=1S/C23H12F5NOS/c1-14-10-15(11-21(25)22(14)31-13-29)2-3-17-4-5-18(12-20(17)24)16-6-8-19(9-7-16)30-23(26,27)28/h4-12H,1H3. The van der Waals surface area contributed by atoms with E-state index in [1.54, 1.807) is 19.1 Å². The van der Waals surface area contributed by atoms with E-state index in [1.165, 1.54) is 30.3 Å². The Labute approximate surface area is 179 Å². The lowest BCUT2D eigenvalue weighted by molar-refractivity contribution is -0.274. The first-order chi connectivity index (χ1) is 14.7. The first-order valence-corrected chi connectivity index (χ1v) is 9.52. The summed E-state index contributed by atoms with van der Waals surface area (Å²) in [6.45, 7) is 1.65. The molecule has 0 aliphatic heterocycles. The van der Waals surface area contributed by atoms with E-state index in [1.807, 2.05) is 5.40 Å². The molecule has 8 heteroatoms. The van der Waals surface area contributed by atoms with E-state index in [0.717, 1.165) is 12.1 Å². The van der Waals surface area contributed by atoms with Gasteiger partial charge in [0.2, 0.25) is 0 Å². The third kappa shape index (κ3) is 5.78. The normalized spacial score (nSPS) is 10.7. The maximum Gasteiger partial charge on any atom is 0.573 e. The molecule has 0 aliphatic rings. The molecule has 3 aromatic rings. The van der Waals surface area contributed by atoms with E-state index in [9.17, 15) is 22.0 Å². The van der Waals surface area contributed by atoms with Gasteiger partial charge in [-0.2, -0.15) is 5.26 Å². The fourth-order valence-electron chi connectivity index (χ4n) is 2.76. The minimum Gasteiger partial charge on any atom is -0.406 e. The molecule has 0 amide bonds. The van der Waals surface area contributed by atoms with Crippen molar-refractivity contribution in [3.8, 4) is 34.1 Å². The van der Waals surface area contributed by atoms with Crippen LogP contribution in [0.3, 0.4) is 0 Å². The van der Waals surface area contributed by atoms with Gasteiger partial charge in [-0.15, -0.1) is 13.2 Å². The number of nitriles is 1. The highest BCUT2D eigenvalue weighted by Crippen LogP contribution is 2.28. The van der Waals surface area contributed by atoms with Crippen LogP contribution in [-0.4, -0.2) is 6.36 Å². The average molecular weight is 445 g/mol. The Morgan fingerprint density at radius 3 is 2.13 bits per heavy atom. The summed E-state index contributed by atoms with van der Waals surface area (Å²) in [5, 5.41) is 10.5. The van der Waals surface area contributed by atoms with Crippen molar-refractivity contribution in [2.45, 2.75) is 18.2 Å². The Morgan fingerprint density at radius 1 is 0.871 bits per heavy atom. The highest BCUT2D eigenvalue weighted by Gasteiger charge is 2.30. The summed E-state index contributed by atoms with van der Waals surface area (Å²) in [5.74, 6) is 3.75. The summed E-state index contributed by atoms with van der Waals surface area (Å²) < 4.78 is 69.1. The molecule has 0 saturated carbocycles. The van der Waals surface area contributed by atoms with Crippen LogP contribution in [0.2, 0.25) is 0 Å². The number of rotatable bonds is 3. The van der Waals surface area contributed by atoms with Crippen molar-refractivity contribution in [1.82, 2.24) is 0 Å². The maximum atomic E-state index is 14.5. The third-order valence-corrected chi connectivity index (χ3v) is 4.92. The smallest absolute Gasteiger partial charge is 0.406 e. The number of hydrogen-bond acceptors (Lipinski definition) is 3. The quantitative estimate of drug-likeness (QED) is 0.192. The Kier molecular flexibility index (Phi) is 6.53. The van der Waals surface area contributed by atoms with E-state index in [-0.39, 0.29) is 16.2 Å². The van der Waals surface area contributed by atoms with Crippen molar-refractivity contribution in [1.29, 1.82) is 5.26 Å². The molecule has 0 heterocycles. The average Bonchev–Trinajstić information content (AvgIpc) is 2.69. The lowest BCUT2D eigenvalue weighted by atomic mass is 10.0. The SMILES string of the molecule is Cc1cc(C#Cc2ccc(-c3ccc(OC(F)(F)F)cc3)cc2F)cc(F)c1SC#N. The molecule has 0 spiro atoms. The summed E-state index contributed by atoms with van der Waals surface area (Å²) in [6.07, 6.45) is -4.79. The molecule has 0 radical (unpaired) electrons. The molecular formula is C23H12F5NOS. The summed E-state index contributed by atoms with van der Waals surface area (Å²) in [6, 6.07) is 12.0. The number of thioether (sulfide) groups is 1. The van der Waals surface area contributed by atoms with Gasteiger partial charge in [0.25, 0.3) is 0 Å². The van der Waals surface area contributed by atoms with Crippen molar-refractivity contribution in [3.63, 3.8) is 0 Å². The minimum absolute atomic E-state index is 0.0781. The number of thiocyanates is 1. The van der Waals surface area contributed by atoms with Gasteiger partial charge in [0, 0.05) is 5.56 Å². The van der Waals surface area contributed by atoms with Crippen molar-refractivity contribution >= 4 is 11.8 Å². The molecule has 0 aromatic heterocycles. The van der Waals surface area contributed by atoms with Crippen molar-refractivity contribution < 1.29 is 26.7 Å². The summed E-state index contributed by atoms with van der Waals surface area (Å²) in [5.41, 5.74) is 1.90. The Hall–Kier alpha value is -3.49. The molecule has 0 unspecified atom stereocenters. The second-order valence-electron chi connectivity index (χ2n) is 6.31. The maximum absolute atomic E-state index is 14.5. The molecule has 0 atom stereocenters. The number of hydrogen-bond donors (Lipinski definition) is 0. The molecule has 3 rings (SSSR count). The van der Waals surface area contributed by atoms with Gasteiger partial charge in [0.15, 0.2) is 0 Å². The van der Waals surface area contributed by atoms with Crippen molar-refractivity contribution in [2.24, 2.45) is 0 Å². The van der Waals surface area contributed by atoms with Crippen LogP contribution in [-0.2, 0) is 0 Å². The van der Waals surface area contributed by atoms with E-state index in [0.29, 0.717) is 34.0 Å². The van der Waals surface area contributed by atoms with Crippen molar-refractivity contribution in [2.75, 3.05) is 0 Å². The molecule has 0 saturated heterocycles. The second-order valence-corrected chi connectivity index (χ2v) is 7.11. The summed E-state index contributed by atoms with van der Waals surface area (Å²) in [4.78, 5) is 0.218. The van der Waals surface area contributed by atoms with Gasteiger partial charge in [-0.1, -0.05) is 30.0 Å². The fourth-order valence-corrected chi connectivity index (χ4v) is 3.23. The topological polar surface area (TPSA) is 33.0 Å². The van der Waals surface area contributed by atoms with Crippen LogP contribution in [0.25, 0.3) is 11.1 Å². The highest BCUT2D eigenvalue weighted by atomic mass is 32.2. The Balaban J connectivity index is 1.82. The highest BCUT2D eigenvalue weighted by molar-refractivity contribution is 8.03. The number of alkyl halides is 3. The van der Waals surface area contributed by atoms with Crippen LogP contribution in [0.4, 0.5) is 22.0 Å². The zero-order chi connectivity index (χ0) is 22.6. The van der Waals surface area contributed by atoms with Crippen LogP contribution in [0, 0.1) is 41.1 Å². The molecule has 0 N–H and O–H groups in total. The molecule has 0 aliphatic carbocycles. The summed E-state index contributed by atoms with van der Waals surface area (Å²) >= 11 is 0.716. The number of halogens is 5. The van der Waals surface area contributed by atoms with Gasteiger partial charge in [0.05, 0.1) is 10.5 Å². The van der Waals surface area contributed by atoms with Crippen LogP contribution < -0.4 is 4.74 Å². The first-order valence-electron chi connectivity index (χ1n) is 8.70. The van der Waals surface area contributed by atoms with Gasteiger partial charge < -0.3 is 4.74 Å². The van der Waals surface area contributed by atoms with E-state index in [4.69, 9.17) is 5.26 Å². The minimum atomic E-state index is -4.79. The second kappa shape index (κ2) is 9.11. The fraction of sp³-hybridized carbons (Fsp3) is 0.0870. The zero-order valence-corrected chi connectivity index (χ0v) is 16.7. The lowest BCUT2D eigenvalue weighted by Crippen LogP contribution is -2.16. The molecule has 31 heavy (non-hydrogen) atoms. The Morgan fingerprint density at radius 2 is 1.55 bits per heavy atom. The van der Waals surface area contributed by atoms with Crippen LogP contribution in [0.1, 0.15) is 16.7 Å². The number of nitrogens with zero attached hydrogens (tertiary/aromatic N) is 1. The van der Waals surface area contributed by atoms with Gasteiger partial charge in [-0.3, -0.25) is 0 Å². The first kappa shape index (κ1) is 22.2. The largest absolute Gasteiger partial charge is 0.573 e. The number of ether oxygens (including phenoxy) is 1. The zero-order valence-electron chi connectivity index (χ0n) is 15.8. The van der Waals surface area contributed by atoms with E-state index >= 15 is 0 Å². The van der Waals surface area contributed by atoms with E-state index < -0.39 is 18.0 Å². The van der Waals surface area contributed by atoms with Gasteiger partial charge in [-0.25, -0.2) is 8.78 Å². The predicted octanol–water partition coefficient (Wildman–Crippen LogP) is 6.81. The molecule has 2 nitrogen and oxygen atoms in total. The molecule has 156 valence electrons. The molecular weight excluding hydrogens is 433 g/mol. The monoisotopic (exact) mass is 445 g/mol. The van der Waals surface area contributed by atoms with E-state index in [2.05, 4.69) is 16.6 Å². The van der Waals surface area contributed by atoms with Gasteiger partial charge in [-0.05, 0) is 71.8 Å². The van der Waals surface area contributed by atoms with Gasteiger partial charge >= 0.3 is 6.36 Å². The lowest BCUT2D eigenvalue weighted by Gasteiger charge is -2.09. The van der Waals surface area contributed by atoms with Crippen LogP contribution >= 0.6 is 11.8 Å². The predicted molar refractivity (Wildman–Crippen MR) is 107 cm³/mol. The third-order valence-electron chi connectivity index (χ3n) is 4.11. The molecule has 0 fully saturated rings. The van der Waals surface area contributed by atoms with Gasteiger partial charge in [0.1, 0.15) is 22.8 Å². The molecule has 3 aromatic carbocycles. The van der Waals surface area contributed by atoms with Crippen molar-refractivity contribution in [3.05, 3.63) is 82.9 Å². The Bertz CT molecular complexity index is 1190. The number of benzene rings is 3. The van der Waals surface area contributed by atoms with Crippen LogP contribution in [0.15, 0.2) is 59.5 Å². The molecule has 0 bridgehead atoms. The summed E-state index contributed by atoms with van der Waals surface area (Å²) in [7, 11) is 0. The van der Waals surface area contributed by atoms with Crippen LogP contribution in [0.5, 0.6) is 5.75 Å².